The molecule has 6 heteroatoms. The Labute approximate surface area is 163 Å². The maximum absolute atomic E-state index is 12.9. The molecule has 0 aliphatic carbocycles. The van der Waals surface area contributed by atoms with Crippen LogP contribution in [0.4, 0.5) is 0 Å². The highest BCUT2D eigenvalue weighted by atomic mass is 32.2. The summed E-state index contributed by atoms with van der Waals surface area (Å²) in [5, 5.41) is 0.153. The molecule has 1 aliphatic heterocycles. The van der Waals surface area contributed by atoms with Crippen LogP contribution in [0.3, 0.4) is 0 Å². The van der Waals surface area contributed by atoms with Crippen LogP contribution in [0.5, 0.6) is 0 Å². The Kier molecular flexibility index (Phi) is 6.65. The average Bonchev–Trinajstić information content (AvgIpc) is 2.85. The van der Waals surface area contributed by atoms with Crippen LogP contribution in [-0.2, 0) is 14.0 Å². The number of benzene rings is 1. The quantitative estimate of drug-likeness (QED) is 0.514. The first-order valence-electron chi connectivity index (χ1n) is 9.22. The molecular weight excluding hydrogens is 362 g/mol. The Hall–Kier alpha value is -0.823. The van der Waals surface area contributed by atoms with E-state index in [0.29, 0.717) is 19.0 Å². The molecule has 1 saturated heterocycles. The molecule has 1 fully saturated rings. The van der Waals surface area contributed by atoms with Crippen molar-refractivity contribution in [1.82, 2.24) is 4.90 Å². The summed E-state index contributed by atoms with van der Waals surface area (Å²) in [5.41, 5.74) is -0.588. The van der Waals surface area contributed by atoms with E-state index < -0.39 is 14.0 Å². The Morgan fingerprint density at radius 1 is 1.31 bits per heavy atom. The van der Waals surface area contributed by atoms with Crippen molar-refractivity contribution in [1.29, 1.82) is 0 Å². The van der Waals surface area contributed by atoms with Gasteiger partial charge in [-0.3, -0.25) is 4.79 Å². The van der Waals surface area contributed by atoms with Crippen LogP contribution < -0.4 is 0 Å². The van der Waals surface area contributed by atoms with Crippen LogP contribution in [0, 0.1) is 0 Å². The average molecular weight is 396 g/mol. The fourth-order valence-electron chi connectivity index (χ4n) is 2.76. The molecule has 1 aromatic carbocycles. The first-order chi connectivity index (χ1) is 11.9. The van der Waals surface area contributed by atoms with Crippen molar-refractivity contribution in [2.45, 2.75) is 69.4 Å². The van der Waals surface area contributed by atoms with E-state index in [1.54, 1.807) is 11.8 Å². The van der Waals surface area contributed by atoms with Crippen LogP contribution in [0.15, 0.2) is 35.2 Å². The number of nitrogens with zero attached hydrogens (tertiary/aromatic N) is 1. The molecule has 0 aromatic heterocycles. The predicted octanol–water partition coefficient (Wildman–Crippen LogP) is 4.76. The van der Waals surface area contributed by atoms with E-state index in [1.807, 2.05) is 49.1 Å². The molecule has 1 heterocycles. The summed E-state index contributed by atoms with van der Waals surface area (Å²) in [4.78, 5) is 15.9. The topological polar surface area (TPSA) is 38.8 Å². The van der Waals surface area contributed by atoms with Crippen molar-refractivity contribution in [3.63, 3.8) is 0 Å². The van der Waals surface area contributed by atoms with E-state index in [2.05, 4.69) is 33.9 Å². The number of thioether (sulfide) groups is 1. The lowest BCUT2D eigenvalue weighted by Crippen LogP contribution is -2.52. The summed E-state index contributed by atoms with van der Waals surface area (Å²) in [6.07, 6.45) is 0. The Morgan fingerprint density at radius 2 is 1.92 bits per heavy atom. The number of carbonyl (C=O) groups is 1. The van der Waals surface area contributed by atoms with Crippen molar-refractivity contribution in [3.05, 3.63) is 30.3 Å². The van der Waals surface area contributed by atoms with E-state index >= 15 is 0 Å². The third-order valence-corrected chi connectivity index (χ3v) is 10.9. The van der Waals surface area contributed by atoms with Gasteiger partial charge in [0.2, 0.25) is 5.91 Å². The molecule has 1 amide bonds. The molecule has 1 atom stereocenters. The molecule has 0 bridgehead atoms. The lowest BCUT2D eigenvalue weighted by molar-refractivity contribution is -0.143. The number of amides is 1. The Balaban J connectivity index is 2.02. The van der Waals surface area contributed by atoms with E-state index in [9.17, 15) is 4.79 Å². The molecule has 4 nitrogen and oxygen atoms in total. The minimum absolute atomic E-state index is 0.0250. The van der Waals surface area contributed by atoms with Gasteiger partial charge in [0.1, 0.15) is 5.72 Å². The van der Waals surface area contributed by atoms with Gasteiger partial charge in [0.15, 0.2) is 8.32 Å². The molecule has 26 heavy (non-hydrogen) atoms. The van der Waals surface area contributed by atoms with Gasteiger partial charge in [0, 0.05) is 4.90 Å². The van der Waals surface area contributed by atoms with Gasteiger partial charge in [0.05, 0.1) is 25.0 Å². The number of rotatable bonds is 6. The maximum atomic E-state index is 12.9. The molecule has 2 rings (SSSR count). The van der Waals surface area contributed by atoms with Gasteiger partial charge in [-0.1, -0.05) is 39.0 Å². The number of hydrogen-bond acceptors (Lipinski definition) is 4. The summed E-state index contributed by atoms with van der Waals surface area (Å²) in [6, 6.07) is 10.0. The normalized spacial score (nSPS) is 20.4. The van der Waals surface area contributed by atoms with Crippen LogP contribution in [0.2, 0.25) is 18.1 Å². The Bertz CT molecular complexity index is 613. The van der Waals surface area contributed by atoms with Gasteiger partial charge in [0.25, 0.3) is 0 Å². The third kappa shape index (κ3) is 5.12. The zero-order chi connectivity index (χ0) is 19.6. The second-order valence-electron chi connectivity index (χ2n) is 8.85. The Morgan fingerprint density at radius 3 is 2.50 bits per heavy atom. The highest BCUT2D eigenvalue weighted by molar-refractivity contribution is 8.00. The van der Waals surface area contributed by atoms with Crippen LogP contribution in [-0.4, -0.2) is 49.9 Å². The minimum Gasteiger partial charge on any atom is -0.415 e. The highest BCUT2D eigenvalue weighted by Crippen LogP contribution is 2.37. The fraction of sp³-hybridized carbons (Fsp3) is 0.650. The smallest absolute Gasteiger partial charge is 0.235 e. The largest absolute Gasteiger partial charge is 0.415 e. The van der Waals surface area contributed by atoms with Crippen molar-refractivity contribution in [2.24, 2.45) is 0 Å². The van der Waals surface area contributed by atoms with Gasteiger partial charge in [-0.05, 0) is 44.1 Å². The first kappa shape index (κ1) is 21.5. The highest BCUT2D eigenvalue weighted by Gasteiger charge is 2.45. The molecule has 1 aromatic rings. The lowest BCUT2D eigenvalue weighted by atomic mass is 10.2. The molecule has 146 valence electrons. The summed E-state index contributed by atoms with van der Waals surface area (Å²) in [6.45, 7) is 16.2. The van der Waals surface area contributed by atoms with E-state index in [4.69, 9.17) is 9.16 Å². The van der Waals surface area contributed by atoms with Gasteiger partial charge in [-0.15, -0.1) is 11.8 Å². The van der Waals surface area contributed by atoms with Crippen molar-refractivity contribution in [2.75, 3.05) is 19.0 Å². The minimum atomic E-state index is -1.85. The zero-order valence-corrected chi connectivity index (χ0v) is 19.0. The predicted molar refractivity (Wildman–Crippen MR) is 111 cm³/mol. The SMILES string of the molecule is CC1(C)OC[C@@H](CO[Si](C)(C)C(C)(C)C)N1C(=O)CSc1ccccc1. The molecular formula is C20H33NO3SSi. The summed E-state index contributed by atoms with van der Waals surface area (Å²) >= 11 is 1.57. The van der Waals surface area contributed by atoms with E-state index in [-0.39, 0.29) is 17.0 Å². The van der Waals surface area contributed by atoms with Crippen LogP contribution >= 0.6 is 11.8 Å². The molecule has 0 radical (unpaired) electrons. The fourth-order valence-corrected chi connectivity index (χ4v) is 4.58. The van der Waals surface area contributed by atoms with Gasteiger partial charge >= 0.3 is 0 Å². The number of hydrogen-bond donors (Lipinski definition) is 0. The van der Waals surface area contributed by atoms with Crippen molar-refractivity contribution >= 4 is 26.0 Å². The summed E-state index contributed by atoms with van der Waals surface area (Å²) in [7, 11) is -1.85. The van der Waals surface area contributed by atoms with Crippen molar-refractivity contribution in [3.8, 4) is 0 Å². The molecule has 0 spiro atoms. The van der Waals surface area contributed by atoms with E-state index in [0.717, 1.165) is 4.90 Å². The van der Waals surface area contributed by atoms with Gasteiger partial charge in [-0.2, -0.15) is 0 Å². The second kappa shape index (κ2) is 8.05. The number of carbonyl (C=O) groups excluding carboxylic acids is 1. The van der Waals surface area contributed by atoms with Gasteiger partial charge in [-0.25, -0.2) is 0 Å². The molecule has 0 N–H and O–H groups in total. The molecule has 0 saturated carbocycles. The van der Waals surface area contributed by atoms with Crippen molar-refractivity contribution < 1.29 is 14.0 Å². The van der Waals surface area contributed by atoms with Crippen LogP contribution in [0.25, 0.3) is 0 Å². The lowest BCUT2D eigenvalue weighted by Gasteiger charge is -2.39. The summed E-state index contributed by atoms with van der Waals surface area (Å²) < 4.78 is 12.3. The third-order valence-electron chi connectivity index (χ3n) is 5.39. The summed E-state index contributed by atoms with van der Waals surface area (Å²) in [5.74, 6) is 0.512. The maximum Gasteiger partial charge on any atom is 0.235 e. The van der Waals surface area contributed by atoms with Gasteiger partial charge < -0.3 is 14.1 Å². The van der Waals surface area contributed by atoms with E-state index in [1.165, 1.54) is 0 Å². The van der Waals surface area contributed by atoms with Crippen LogP contribution in [0.1, 0.15) is 34.6 Å². The first-order valence-corrected chi connectivity index (χ1v) is 13.1. The number of ether oxygens (including phenoxy) is 1. The monoisotopic (exact) mass is 395 g/mol. The zero-order valence-electron chi connectivity index (χ0n) is 17.2. The molecule has 1 aliphatic rings. The standard InChI is InChI=1S/C20H33NO3SSi/c1-19(2,3)26(6,7)24-14-16-13-23-20(4,5)21(16)18(22)15-25-17-11-9-8-10-12-17/h8-12,16H,13-15H2,1-7H3/t16-/m0/s1. The second-order valence-corrected chi connectivity index (χ2v) is 14.7. The molecule has 0 unspecified atom stereocenters.